The van der Waals surface area contributed by atoms with Gasteiger partial charge in [-0.05, 0) is 53.1 Å². The zero-order valence-electron chi connectivity index (χ0n) is 10.3. The minimum absolute atomic E-state index is 0.199. The average Bonchev–Trinajstić information content (AvgIpc) is 2.34. The highest BCUT2D eigenvalue weighted by Crippen LogP contribution is 2.44. The van der Waals surface area contributed by atoms with E-state index >= 15 is 0 Å². The molecule has 0 radical (unpaired) electrons. The molecule has 2 aromatic carbocycles. The highest BCUT2D eigenvalue weighted by molar-refractivity contribution is 6.21. The molecule has 1 aliphatic carbocycles. The predicted molar refractivity (Wildman–Crippen MR) is 74.9 cm³/mol. The highest BCUT2D eigenvalue weighted by Gasteiger charge is 2.25. The highest BCUT2D eigenvalue weighted by atomic mass is 35.5. The van der Waals surface area contributed by atoms with Gasteiger partial charge in [-0.15, -0.1) is 11.6 Å². The van der Waals surface area contributed by atoms with Crippen LogP contribution < -0.4 is 0 Å². The van der Waals surface area contributed by atoms with Gasteiger partial charge in [0.05, 0.1) is 5.38 Å². The van der Waals surface area contributed by atoms with Crippen molar-refractivity contribution in [2.45, 2.75) is 38.0 Å². The van der Waals surface area contributed by atoms with Crippen LogP contribution in [-0.2, 0) is 0 Å². The molecule has 1 heteroatoms. The van der Waals surface area contributed by atoms with Gasteiger partial charge in [-0.1, -0.05) is 37.3 Å². The van der Waals surface area contributed by atoms with Crippen molar-refractivity contribution in [3.63, 3.8) is 0 Å². The molecule has 0 spiro atoms. The van der Waals surface area contributed by atoms with Crippen LogP contribution >= 0.6 is 11.6 Å². The summed E-state index contributed by atoms with van der Waals surface area (Å²) in [6.45, 7) is 4.51. The second-order valence-corrected chi connectivity index (χ2v) is 5.71. The molecule has 2 unspecified atom stereocenters. The molecule has 3 rings (SSSR count). The van der Waals surface area contributed by atoms with Crippen molar-refractivity contribution in [2.75, 3.05) is 0 Å². The molecule has 0 N–H and O–H groups in total. The van der Waals surface area contributed by atoms with Gasteiger partial charge < -0.3 is 0 Å². The second kappa shape index (κ2) is 4.03. The van der Waals surface area contributed by atoms with Gasteiger partial charge in [0.2, 0.25) is 0 Å². The summed E-state index contributed by atoms with van der Waals surface area (Å²) in [6, 6.07) is 11.0. The van der Waals surface area contributed by atoms with Crippen LogP contribution in [0.5, 0.6) is 0 Å². The first kappa shape index (κ1) is 11.1. The lowest BCUT2D eigenvalue weighted by Crippen LogP contribution is -2.10. The fourth-order valence-electron chi connectivity index (χ4n) is 3.11. The molecule has 0 aromatic heterocycles. The van der Waals surface area contributed by atoms with Gasteiger partial charge in [0, 0.05) is 0 Å². The molecule has 2 atom stereocenters. The summed E-state index contributed by atoms with van der Waals surface area (Å²) in [7, 11) is 0. The van der Waals surface area contributed by atoms with E-state index < -0.39 is 0 Å². The molecule has 0 saturated carbocycles. The third kappa shape index (κ3) is 1.66. The Balaban J connectivity index is 2.41. The van der Waals surface area contributed by atoms with Crippen molar-refractivity contribution >= 4 is 22.4 Å². The van der Waals surface area contributed by atoms with E-state index in [-0.39, 0.29) is 5.38 Å². The zero-order chi connectivity index (χ0) is 12.0. The molecule has 88 valence electrons. The number of halogens is 1. The predicted octanol–water partition coefficient (Wildman–Crippen LogP) is 5.33. The van der Waals surface area contributed by atoms with Crippen LogP contribution in [-0.4, -0.2) is 0 Å². The first-order valence-corrected chi connectivity index (χ1v) is 6.78. The molecular formula is C16H17Cl. The maximum absolute atomic E-state index is 6.48. The number of rotatable bonds is 0. The van der Waals surface area contributed by atoms with Crippen LogP contribution in [0.2, 0.25) is 0 Å². The molecule has 0 fully saturated rings. The number of alkyl halides is 1. The lowest BCUT2D eigenvalue weighted by molar-refractivity contribution is 0.583. The van der Waals surface area contributed by atoms with E-state index in [2.05, 4.69) is 44.2 Å². The minimum atomic E-state index is 0.199. The Hall–Kier alpha value is -1.01. The van der Waals surface area contributed by atoms with Crippen molar-refractivity contribution in [3.05, 3.63) is 47.0 Å². The average molecular weight is 245 g/mol. The monoisotopic (exact) mass is 244 g/mol. The van der Waals surface area contributed by atoms with Gasteiger partial charge in [0.15, 0.2) is 0 Å². The molecule has 0 saturated heterocycles. The fourth-order valence-corrected chi connectivity index (χ4v) is 3.42. The Morgan fingerprint density at radius 3 is 2.59 bits per heavy atom. The Morgan fingerprint density at radius 2 is 1.82 bits per heavy atom. The third-order valence-electron chi connectivity index (χ3n) is 4.01. The fraction of sp³-hybridized carbons (Fsp3) is 0.375. The van der Waals surface area contributed by atoms with Crippen LogP contribution in [0.3, 0.4) is 0 Å². The van der Waals surface area contributed by atoms with Crippen LogP contribution in [0.25, 0.3) is 10.8 Å². The van der Waals surface area contributed by atoms with Gasteiger partial charge in [0.25, 0.3) is 0 Å². The maximum Gasteiger partial charge on any atom is 0.0588 e. The molecule has 17 heavy (non-hydrogen) atoms. The molecule has 0 bridgehead atoms. The van der Waals surface area contributed by atoms with E-state index in [9.17, 15) is 0 Å². The summed E-state index contributed by atoms with van der Waals surface area (Å²) < 4.78 is 0. The summed E-state index contributed by atoms with van der Waals surface area (Å²) in [4.78, 5) is 0. The molecular weight excluding hydrogens is 228 g/mol. The van der Waals surface area contributed by atoms with E-state index in [1.807, 2.05) is 0 Å². The molecule has 0 amide bonds. The largest absolute Gasteiger partial charge is 0.118 e. The molecule has 0 aliphatic heterocycles. The SMILES string of the molecule is Cc1cc2c(c3ccccc13)C(C)CCC2Cl. The van der Waals surface area contributed by atoms with Crippen molar-refractivity contribution in [3.8, 4) is 0 Å². The van der Waals surface area contributed by atoms with Gasteiger partial charge in [0.1, 0.15) is 0 Å². The van der Waals surface area contributed by atoms with Crippen molar-refractivity contribution in [2.24, 2.45) is 0 Å². The van der Waals surface area contributed by atoms with Crippen LogP contribution in [0.4, 0.5) is 0 Å². The number of fused-ring (bicyclic) bond motifs is 3. The van der Waals surface area contributed by atoms with Crippen LogP contribution in [0.1, 0.15) is 47.8 Å². The standard InChI is InChI=1S/C16H17Cl/c1-10-7-8-15(17)14-9-11(2)12-5-3-4-6-13(12)16(10)14/h3-6,9-10,15H,7-8H2,1-2H3. The normalized spacial score (nSPS) is 23.7. The van der Waals surface area contributed by atoms with Crippen LogP contribution in [0.15, 0.2) is 30.3 Å². The topological polar surface area (TPSA) is 0 Å². The molecule has 2 aromatic rings. The first-order valence-electron chi connectivity index (χ1n) is 6.34. The van der Waals surface area contributed by atoms with Crippen LogP contribution in [0, 0.1) is 6.92 Å². The van der Waals surface area contributed by atoms with Crippen molar-refractivity contribution in [1.82, 2.24) is 0 Å². The third-order valence-corrected chi connectivity index (χ3v) is 4.46. The summed E-state index contributed by atoms with van der Waals surface area (Å²) in [6.07, 6.45) is 2.31. The van der Waals surface area contributed by atoms with E-state index in [0.717, 1.165) is 6.42 Å². The van der Waals surface area contributed by atoms with Gasteiger partial charge in [-0.2, -0.15) is 0 Å². The Labute approximate surface area is 108 Å². The smallest absolute Gasteiger partial charge is 0.0588 e. The lowest BCUT2D eigenvalue weighted by atomic mass is 9.79. The van der Waals surface area contributed by atoms with E-state index in [0.29, 0.717) is 5.92 Å². The Bertz CT molecular complexity index is 571. The second-order valence-electron chi connectivity index (χ2n) is 5.19. The van der Waals surface area contributed by atoms with Gasteiger partial charge in [-0.3, -0.25) is 0 Å². The number of benzene rings is 2. The van der Waals surface area contributed by atoms with Gasteiger partial charge in [-0.25, -0.2) is 0 Å². The van der Waals surface area contributed by atoms with Gasteiger partial charge >= 0.3 is 0 Å². The summed E-state index contributed by atoms with van der Waals surface area (Å²) in [5.74, 6) is 0.630. The van der Waals surface area contributed by atoms with E-state index in [1.165, 1.54) is 33.9 Å². The number of aryl methyl sites for hydroxylation is 1. The minimum Gasteiger partial charge on any atom is -0.118 e. The maximum atomic E-state index is 6.48. The first-order chi connectivity index (χ1) is 8.18. The summed E-state index contributed by atoms with van der Waals surface area (Å²) in [5, 5.41) is 2.98. The number of hydrogen-bond acceptors (Lipinski definition) is 0. The molecule has 1 aliphatic rings. The number of hydrogen-bond donors (Lipinski definition) is 0. The van der Waals surface area contributed by atoms with E-state index in [4.69, 9.17) is 11.6 Å². The zero-order valence-corrected chi connectivity index (χ0v) is 11.1. The Morgan fingerprint density at radius 1 is 1.12 bits per heavy atom. The van der Waals surface area contributed by atoms with E-state index in [1.54, 1.807) is 0 Å². The quantitative estimate of drug-likeness (QED) is 0.550. The lowest BCUT2D eigenvalue weighted by Gasteiger charge is -2.28. The van der Waals surface area contributed by atoms with Crippen molar-refractivity contribution in [1.29, 1.82) is 0 Å². The summed E-state index contributed by atoms with van der Waals surface area (Å²) >= 11 is 6.48. The summed E-state index contributed by atoms with van der Waals surface area (Å²) in [5.41, 5.74) is 4.19. The van der Waals surface area contributed by atoms with Crippen molar-refractivity contribution < 1.29 is 0 Å². The molecule has 0 heterocycles. The Kier molecular flexibility index (Phi) is 2.63. The molecule has 0 nitrogen and oxygen atoms in total.